The van der Waals surface area contributed by atoms with Crippen LogP contribution in [-0.2, 0) is 11.3 Å². The molecular weight excluding hydrogens is 234 g/mol. The van der Waals surface area contributed by atoms with Crippen molar-refractivity contribution in [3.8, 4) is 0 Å². The minimum Gasteiger partial charge on any atom is -0.755 e. The van der Waals surface area contributed by atoms with Gasteiger partial charge in [0.1, 0.15) is 0 Å². The van der Waals surface area contributed by atoms with Crippen LogP contribution in [0.4, 0.5) is 5.69 Å². The second-order valence-electron chi connectivity index (χ2n) is 4.67. The van der Waals surface area contributed by atoms with Crippen molar-refractivity contribution in [3.05, 3.63) is 29.8 Å². The van der Waals surface area contributed by atoms with Gasteiger partial charge in [0.2, 0.25) is 0 Å². The van der Waals surface area contributed by atoms with E-state index >= 15 is 0 Å². The topological polar surface area (TPSA) is 43.4 Å². The van der Waals surface area contributed by atoms with Gasteiger partial charge in [-0.1, -0.05) is 37.0 Å². The first-order valence-corrected chi connectivity index (χ1v) is 7.17. The predicted octanol–water partition coefficient (Wildman–Crippen LogP) is 2.93. The second-order valence-corrected chi connectivity index (χ2v) is 5.50. The molecule has 0 aliphatic heterocycles. The zero-order valence-electron chi connectivity index (χ0n) is 10.1. The highest BCUT2D eigenvalue weighted by Crippen LogP contribution is 2.28. The summed E-state index contributed by atoms with van der Waals surface area (Å²) in [4.78, 5) is 0. The predicted molar refractivity (Wildman–Crippen MR) is 69.5 cm³/mol. The zero-order valence-corrected chi connectivity index (χ0v) is 10.9. The fraction of sp³-hybridized carbons (Fsp3) is 0.538. The number of benzene rings is 1. The van der Waals surface area contributed by atoms with Crippen molar-refractivity contribution in [2.45, 2.75) is 45.1 Å². The lowest BCUT2D eigenvalue weighted by atomic mass is 9.95. The molecule has 1 aliphatic carbocycles. The van der Waals surface area contributed by atoms with E-state index in [1.54, 1.807) is 4.31 Å². The monoisotopic (exact) mass is 252 g/mol. The van der Waals surface area contributed by atoms with Crippen LogP contribution in [-0.4, -0.2) is 14.8 Å². The Morgan fingerprint density at radius 2 is 1.76 bits per heavy atom. The molecule has 2 rings (SSSR count). The molecule has 1 aromatic carbocycles. The van der Waals surface area contributed by atoms with E-state index in [-0.39, 0.29) is 6.04 Å². The van der Waals surface area contributed by atoms with Gasteiger partial charge in [-0.05, 0) is 31.9 Å². The highest BCUT2D eigenvalue weighted by molar-refractivity contribution is 7.80. The third-order valence-corrected chi connectivity index (χ3v) is 4.19. The lowest BCUT2D eigenvalue weighted by Gasteiger charge is -2.36. The quantitative estimate of drug-likeness (QED) is 0.776. The van der Waals surface area contributed by atoms with Gasteiger partial charge in [-0.25, -0.2) is 0 Å². The van der Waals surface area contributed by atoms with Crippen molar-refractivity contribution in [2.75, 3.05) is 4.31 Å². The number of aryl methyl sites for hydroxylation is 1. The molecule has 0 spiro atoms. The average molecular weight is 252 g/mol. The SMILES string of the molecule is Cc1ccc(N(C2CCCCC2)S(=O)[O-])cc1. The molecule has 1 atom stereocenters. The van der Waals surface area contributed by atoms with Gasteiger partial charge >= 0.3 is 0 Å². The molecule has 0 amide bonds. The molecule has 1 fully saturated rings. The van der Waals surface area contributed by atoms with E-state index in [0.717, 1.165) is 36.9 Å². The Labute approximate surface area is 105 Å². The summed E-state index contributed by atoms with van der Waals surface area (Å²) in [5.41, 5.74) is 1.94. The molecule has 94 valence electrons. The summed E-state index contributed by atoms with van der Waals surface area (Å²) in [5, 5.41) is 0. The van der Waals surface area contributed by atoms with Crippen LogP contribution in [0.2, 0.25) is 0 Å². The molecule has 0 saturated heterocycles. The van der Waals surface area contributed by atoms with E-state index in [2.05, 4.69) is 0 Å². The number of rotatable bonds is 3. The summed E-state index contributed by atoms with van der Waals surface area (Å²) < 4.78 is 24.4. The highest BCUT2D eigenvalue weighted by atomic mass is 32.2. The van der Waals surface area contributed by atoms with Crippen molar-refractivity contribution >= 4 is 17.0 Å². The molecular formula is C13H18NO2S-. The fourth-order valence-corrected chi connectivity index (χ4v) is 3.17. The van der Waals surface area contributed by atoms with E-state index in [1.807, 2.05) is 31.2 Å². The molecule has 0 bridgehead atoms. The summed E-state index contributed by atoms with van der Waals surface area (Å²) in [6.07, 6.45) is 5.43. The normalized spacial score (nSPS) is 18.9. The van der Waals surface area contributed by atoms with Crippen LogP contribution in [0.3, 0.4) is 0 Å². The maximum atomic E-state index is 11.4. The van der Waals surface area contributed by atoms with Crippen LogP contribution in [0.5, 0.6) is 0 Å². The van der Waals surface area contributed by atoms with E-state index < -0.39 is 11.3 Å². The molecule has 4 heteroatoms. The van der Waals surface area contributed by atoms with Crippen LogP contribution >= 0.6 is 0 Å². The van der Waals surface area contributed by atoms with Crippen molar-refractivity contribution < 1.29 is 8.76 Å². The Morgan fingerprint density at radius 3 is 2.29 bits per heavy atom. The van der Waals surface area contributed by atoms with Gasteiger partial charge in [0, 0.05) is 23.0 Å². The van der Waals surface area contributed by atoms with Crippen molar-refractivity contribution in [2.24, 2.45) is 0 Å². The summed E-state index contributed by atoms with van der Waals surface area (Å²) in [7, 11) is 0. The summed E-state index contributed by atoms with van der Waals surface area (Å²) in [6.45, 7) is 2.00. The first-order chi connectivity index (χ1) is 8.18. The first-order valence-electron chi connectivity index (χ1n) is 6.14. The minimum atomic E-state index is -2.18. The first kappa shape index (κ1) is 12.6. The van der Waals surface area contributed by atoms with Gasteiger partial charge in [0.25, 0.3) is 0 Å². The summed E-state index contributed by atoms with van der Waals surface area (Å²) >= 11 is -2.18. The molecule has 0 radical (unpaired) electrons. The van der Waals surface area contributed by atoms with Crippen molar-refractivity contribution in [3.63, 3.8) is 0 Å². The second kappa shape index (κ2) is 5.65. The standard InChI is InChI=1S/C13H19NO2S/c1-11-7-9-13(10-8-11)14(17(15)16)12-5-3-2-4-6-12/h7-10,12H,2-6H2,1H3,(H,15,16)/p-1. The lowest BCUT2D eigenvalue weighted by Crippen LogP contribution is -2.38. The molecule has 1 aromatic rings. The molecule has 1 saturated carbocycles. The molecule has 1 unspecified atom stereocenters. The summed E-state index contributed by atoms with van der Waals surface area (Å²) in [5.74, 6) is 0. The Morgan fingerprint density at radius 1 is 1.18 bits per heavy atom. The van der Waals surface area contributed by atoms with Crippen molar-refractivity contribution in [1.82, 2.24) is 0 Å². The van der Waals surface area contributed by atoms with Gasteiger partial charge in [0.15, 0.2) is 0 Å². The van der Waals surface area contributed by atoms with E-state index in [9.17, 15) is 8.76 Å². The molecule has 0 heterocycles. The molecule has 1 aliphatic rings. The maximum absolute atomic E-state index is 11.4. The van der Waals surface area contributed by atoms with E-state index in [1.165, 1.54) is 6.42 Å². The Balaban J connectivity index is 2.21. The van der Waals surface area contributed by atoms with Crippen LogP contribution < -0.4 is 4.31 Å². The van der Waals surface area contributed by atoms with Crippen molar-refractivity contribution in [1.29, 1.82) is 0 Å². The maximum Gasteiger partial charge on any atom is 0.0485 e. The molecule has 3 nitrogen and oxygen atoms in total. The van der Waals surface area contributed by atoms with Crippen LogP contribution in [0.15, 0.2) is 24.3 Å². The third-order valence-electron chi connectivity index (χ3n) is 3.36. The molecule has 0 aromatic heterocycles. The zero-order chi connectivity index (χ0) is 12.3. The highest BCUT2D eigenvalue weighted by Gasteiger charge is 2.22. The minimum absolute atomic E-state index is 0.143. The number of hydrogen-bond acceptors (Lipinski definition) is 2. The smallest absolute Gasteiger partial charge is 0.0485 e. The Hall–Kier alpha value is -0.870. The van der Waals surface area contributed by atoms with Gasteiger partial charge in [-0.15, -0.1) is 0 Å². The molecule has 0 N–H and O–H groups in total. The van der Waals surface area contributed by atoms with Gasteiger partial charge in [-0.2, -0.15) is 0 Å². The largest absolute Gasteiger partial charge is 0.755 e. The Kier molecular flexibility index (Phi) is 4.18. The van der Waals surface area contributed by atoms with E-state index in [4.69, 9.17) is 0 Å². The number of nitrogens with zero attached hydrogens (tertiary/aromatic N) is 1. The fourth-order valence-electron chi connectivity index (χ4n) is 2.43. The molecule has 17 heavy (non-hydrogen) atoms. The van der Waals surface area contributed by atoms with Gasteiger partial charge in [-0.3, -0.25) is 8.51 Å². The van der Waals surface area contributed by atoms with Gasteiger partial charge in [0.05, 0.1) is 0 Å². The lowest BCUT2D eigenvalue weighted by molar-refractivity contribution is 0.431. The van der Waals surface area contributed by atoms with Crippen LogP contribution in [0, 0.1) is 6.92 Å². The van der Waals surface area contributed by atoms with Gasteiger partial charge < -0.3 is 4.55 Å². The van der Waals surface area contributed by atoms with E-state index in [0.29, 0.717) is 0 Å². The van der Waals surface area contributed by atoms with Crippen LogP contribution in [0.25, 0.3) is 0 Å². The average Bonchev–Trinajstić information content (AvgIpc) is 2.33. The van der Waals surface area contributed by atoms with Crippen LogP contribution in [0.1, 0.15) is 37.7 Å². The summed E-state index contributed by atoms with van der Waals surface area (Å²) in [6, 6.07) is 7.83. The number of hydrogen-bond donors (Lipinski definition) is 0. The third kappa shape index (κ3) is 3.07. The number of anilines is 1. The Bertz CT molecular complexity index is 385.